The van der Waals surface area contributed by atoms with Crippen LogP contribution in [0, 0.1) is 0 Å². The lowest BCUT2D eigenvalue weighted by Crippen LogP contribution is -2.22. The van der Waals surface area contributed by atoms with E-state index in [1.165, 1.54) is 6.08 Å². The van der Waals surface area contributed by atoms with Crippen LogP contribution in [-0.2, 0) is 4.79 Å². The minimum atomic E-state index is -0.643. The largest absolute Gasteiger partial charge is 0.390 e. The molecule has 2 nitrogen and oxygen atoms in total. The summed E-state index contributed by atoms with van der Waals surface area (Å²) in [4.78, 5) is 9.94. The van der Waals surface area contributed by atoms with Gasteiger partial charge < -0.3 is 5.11 Å². The zero-order chi connectivity index (χ0) is 9.45. The van der Waals surface area contributed by atoms with Crippen molar-refractivity contribution in [2.24, 2.45) is 0 Å². The van der Waals surface area contributed by atoms with Crippen LogP contribution in [0.3, 0.4) is 0 Å². The van der Waals surface area contributed by atoms with Gasteiger partial charge in [-0.15, -0.1) is 0 Å². The molecule has 0 aliphatic rings. The quantitative estimate of drug-likeness (QED) is 0.489. The van der Waals surface area contributed by atoms with E-state index < -0.39 is 5.60 Å². The summed E-state index contributed by atoms with van der Waals surface area (Å²) in [6, 6.07) is 0. The van der Waals surface area contributed by atoms with Gasteiger partial charge in [0.25, 0.3) is 0 Å². The molecule has 70 valence electrons. The molecular weight excluding hydrogens is 152 g/mol. The number of hydrogen-bond donors (Lipinski definition) is 1. The molecular formula is C10H18O2. The van der Waals surface area contributed by atoms with Crippen molar-refractivity contribution in [3.63, 3.8) is 0 Å². The highest BCUT2D eigenvalue weighted by Gasteiger charge is 2.16. The number of carbonyl (C=O) groups is 1. The van der Waals surface area contributed by atoms with E-state index in [2.05, 4.69) is 6.92 Å². The van der Waals surface area contributed by atoms with Gasteiger partial charge in [-0.3, -0.25) is 4.79 Å². The molecule has 0 aromatic heterocycles. The normalized spacial score (nSPS) is 16.2. The van der Waals surface area contributed by atoms with Crippen LogP contribution in [0.5, 0.6) is 0 Å². The monoisotopic (exact) mass is 170 g/mol. The van der Waals surface area contributed by atoms with E-state index in [0.717, 1.165) is 25.5 Å². The third-order valence-corrected chi connectivity index (χ3v) is 1.84. The predicted octanol–water partition coefficient (Wildman–Crippen LogP) is 2.07. The van der Waals surface area contributed by atoms with Crippen LogP contribution >= 0.6 is 0 Å². The van der Waals surface area contributed by atoms with Crippen molar-refractivity contribution in [2.75, 3.05) is 0 Å². The van der Waals surface area contributed by atoms with Gasteiger partial charge in [0, 0.05) is 0 Å². The summed E-state index contributed by atoms with van der Waals surface area (Å²) in [5.41, 5.74) is -0.643. The van der Waals surface area contributed by atoms with E-state index in [1.54, 1.807) is 13.0 Å². The first kappa shape index (κ1) is 11.4. The molecule has 1 atom stereocenters. The zero-order valence-corrected chi connectivity index (χ0v) is 7.92. The third-order valence-electron chi connectivity index (χ3n) is 1.84. The minimum Gasteiger partial charge on any atom is -0.390 e. The van der Waals surface area contributed by atoms with E-state index in [0.29, 0.717) is 6.42 Å². The summed E-state index contributed by atoms with van der Waals surface area (Å²) >= 11 is 0. The Morgan fingerprint density at radius 1 is 1.50 bits per heavy atom. The Morgan fingerprint density at radius 2 is 2.17 bits per heavy atom. The van der Waals surface area contributed by atoms with Gasteiger partial charge in [0.2, 0.25) is 0 Å². The molecule has 12 heavy (non-hydrogen) atoms. The number of rotatable bonds is 6. The number of allylic oxidation sites excluding steroid dienone is 1. The lowest BCUT2D eigenvalue weighted by molar-refractivity contribution is -0.104. The maximum absolute atomic E-state index is 9.94. The number of unbranched alkanes of at least 4 members (excludes halogenated alkanes) is 1. The molecule has 0 aliphatic carbocycles. The van der Waals surface area contributed by atoms with Gasteiger partial charge in [-0.25, -0.2) is 0 Å². The first-order valence-corrected chi connectivity index (χ1v) is 4.45. The van der Waals surface area contributed by atoms with Crippen LogP contribution < -0.4 is 0 Å². The van der Waals surface area contributed by atoms with Crippen LogP contribution in [0.1, 0.15) is 39.5 Å². The summed E-state index contributed by atoms with van der Waals surface area (Å²) in [7, 11) is 0. The molecule has 2 heteroatoms. The second kappa shape index (κ2) is 5.95. The summed E-state index contributed by atoms with van der Waals surface area (Å²) in [6.45, 7) is 3.90. The number of aldehydes is 1. The van der Waals surface area contributed by atoms with Gasteiger partial charge in [-0.2, -0.15) is 0 Å². The Hall–Kier alpha value is -0.630. The Balaban J connectivity index is 3.69. The maximum atomic E-state index is 9.94. The molecule has 0 rings (SSSR count). The third kappa shape index (κ3) is 6.10. The fourth-order valence-corrected chi connectivity index (χ4v) is 1.04. The topological polar surface area (TPSA) is 37.3 Å². The number of aliphatic hydroxyl groups is 1. The van der Waals surface area contributed by atoms with E-state index in [1.807, 2.05) is 0 Å². The van der Waals surface area contributed by atoms with Crippen molar-refractivity contribution in [2.45, 2.75) is 45.1 Å². The van der Waals surface area contributed by atoms with Crippen LogP contribution in [0.2, 0.25) is 0 Å². The molecule has 0 amide bonds. The second-order valence-corrected chi connectivity index (χ2v) is 3.37. The SMILES string of the molecule is CCCCC(C)(O)CC=CC=O. The van der Waals surface area contributed by atoms with E-state index in [-0.39, 0.29) is 0 Å². The highest BCUT2D eigenvalue weighted by molar-refractivity contribution is 5.64. The number of hydrogen-bond acceptors (Lipinski definition) is 2. The van der Waals surface area contributed by atoms with Gasteiger partial charge in [0.15, 0.2) is 0 Å². The van der Waals surface area contributed by atoms with Crippen molar-refractivity contribution < 1.29 is 9.90 Å². The standard InChI is InChI=1S/C10H18O2/c1-3-4-7-10(2,12)8-5-6-9-11/h5-6,9,12H,3-4,7-8H2,1-2H3. The highest BCUT2D eigenvalue weighted by Crippen LogP contribution is 2.17. The van der Waals surface area contributed by atoms with Gasteiger partial charge in [-0.05, 0) is 25.8 Å². The Bertz CT molecular complexity index is 148. The lowest BCUT2D eigenvalue weighted by atomic mass is 9.95. The first-order valence-electron chi connectivity index (χ1n) is 4.45. The summed E-state index contributed by atoms with van der Waals surface area (Å²) in [6.07, 6.45) is 7.35. The summed E-state index contributed by atoms with van der Waals surface area (Å²) in [5.74, 6) is 0. The molecule has 0 bridgehead atoms. The van der Waals surface area contributed by atoms with Crippen molar-refractivity contribution in [1.29, 1.82) is 0 Å². The van der Waals surface area contributed by atoms with Crippen molar-refractivity contribution in [3.05, 3.63) is 12.2 Å². The second-order valence-electron chi connectivity index (χ2n) is 3.37. The fourth-order valence-electron chi connectivity index (χ4n) is 1.04. The highest BCUT2D eigenvalue weighted by atomic mass is 16.3. The molecule has 1 N–H and O–H groups in total. The molecule has 0 spiro atoms. The first-order chi connectivity index (χ1) is 5.62. The Morgan fingerprint density at radius 3 is 2.67 bits per heavy atom. The number of carbonyl (C=O) groups excluding carboxylic acids is 1. The van der Waals surface area contributed by atoms with Crippen LogP contribution in [0.15, 0.2) is 12.2 Å². The van der Waals surface area contributed by atoms with Crippen LogP contribution in [0.25, 0.3) is 0 Å². The molecule has 0 aromatic rings. The molecule has 0 radical (unpaired) electrons. The molecule has 0 aliphatic heterocycles. The smallest absolute Gasteiger partial charge is 0.142 e. The molecule has 0 heterocycles. The van der Waals surface area contributed by atoms with Gasteiger partial charge >= 0.3 is 0 Å². The van der Waals surface area contributed by atoms with Crippen molar-refractivity contribution in [3.8, 4) is 0 Å². The lowest BCUT2D eigenvalue weighted by Gasteiger charge is -2.20. The van der Waals surface area contributed by atoms with Gasteiger partial charge in [0.1, 0.15) is 6.29 Å². The zero-order valence-electron chi connectivity index (χ0n) is 7.92. The predicted molar refractivity (Wildman–Crippen MR) is 50.0 cm³/mol. The molecule has 0 fully saturated rings. The van der Waals surface area contributed by atoms with Crippen molar-refractivity contribution in [1.82, 2.24) is 0 Å². The maximum Gasteiger partial charge on any atom is 0.142 e. The Kier molecular flexibility index (Phi) is 5.64. The van der Waals surface area contributed by atoms with Crippen LogP contribution in [-0.4, -0.2) is 17.0 Å². The minimum absolute atomic E-state index is 0.561. The average molecular weight is 170 g/mol. The Labute approximate surface area is 74.3 Å². The fraction of sp³-hybridized carbons (Fsp3) is 0.700. The summed E-state index contributed by atoms with van der Waals surface area (Å²) in [5, 5.41) is 9.71. The van der Waals surface area contributed by atoms with Gasteiger partial charge in [0.05, 0.1) is 5.60 Å². The molecule has 0 aromatic carbocycles. The van der Waals surface area contributed by atoms with E-state index in [9.17, 15) is 9.90 Å². The van der Waals surface area contributed by atoms with E-state index in [4.69, 9.17) is 0 Å². The van der Waals surface area contributed by atoms with Crippen molar-refractivity contribution >= 4 is 6.29 Å². The summed E-state index contributed by atoms with van der Waals surface area (Å²) < 4.78 is 0. The molecule has 0 saturated heterocycles. The average Bonchev–Trinajstić information content (AvgIpc) is 2.01. The van der Waals surface area contributed by atoms with Gasteiger partial charge in [-0.1, -0.05) is 25.8 Å². The van der Waals surface area contributed by atoms with E-state index >= 15 is 0 Å². The van der Waals surface area contributed by atoms with Crippen LogP contribution in [0.4, 0.5) is 0 Å². The molecule has 1 unspecified atom stereocenters. The molecule has 0 saturated carbocycles.